The monoisotopic (exact) mass is 418 g/mol. The molecule has 2 aromatic heterocycles. The van der Waals surface area contributed by atoms with Gasteiger partial charge in [-0.05, 0) is 55.3 Å². The van der Waals surface area contributed by atoms with Gasteiger partial charge in [0, 0.05) is 19.5 Å². The van der Waals surface area contributed by atoms with Gasteiger partial charge in [0.15, 0.2) is 0 Å². The number of H-pyrrole nitrogens is 1. The molecule has 4 rings (SSSR count). The summed E-state index contributed by atoms with van der Waals surface area (Å²) >= 11 is 1.49. The average molecular weight is 419 g/mol. The van der Waals surface area contributed by atoms with Crippen molar-refractivity contribution in [1.29, 1.82) is 0 Å². The topological polar surface area (TPSA) is 88.1 Å². The number of aryl methyl sites for hydroxylation is 1. The Morgan fingerprint density at radius 2 is 1.89 bits per heavy atom. The molecule has 3 aromatic rings. The minimum absolute atomic E-state index is 0.239. The molecular formula is C19H22N4O3S2. The summed E-state index contributed by atoms with van der Waals surface area (Å²) in [5.41, 5.74) is 0.797. The van der Waals surface area contributed by atoms with Gasteiger partial charge < -0.3 is 0 Å². The Labute approximate surface area is 167 Å². The molecule has 28 heavy (non-hydrogen) atoms. The lowest BCUT2D eigenvalue weighted by molar-refractivity contribution is 0.270. The van der Waals surface area contributed by atoms with Crippen LogP contribution in [-0.4, -0.2) is 40.6 Å². The second-order valence-electron chi connectivity index (χ2n) is 7.10. The highest BCUT2D eigenvalue weighted by Gasteiger charge is 2.30. The predicted octanol–water partition coefficient (Wildman–Crippen LogP) is 2.57. The molecule has 0 aliphatic carbocycles. The molecule has 1 saturated heterocycles. The van der Waals surface area contributed by atoms with Gasteiger partial charge in [0.1, 0.15) is 10.8 Å². The number of aromatic nitrogens is 3. The first-order valence-corrected chi connectivity index (χ1v) is 11.5. The molecule has 0 radical (unpaired) electrons. The molecule has 1 aliphatic heterocycles. The standard InChI is InChI=1S/C19H22N4O3S2/c1-14-4-6-16(7-5-14)28(25,26)22-10-8-15(9-11-22)13-17-20-21-19(24)23(17)18-3-2-12-27-18/h2-7,12,15H,8-11,13H2,1H3,(H,21,24). The average Bonchev–Trinajstić information content (AvgIpc) is 3.32. The van der Waals surface area contributed by atoms with Crippen LogP contribution in [-0.2, 0) is 16.4 Å². The van der Waals surface area contributed by atoms with Gasteiger partial charge in [-0.3, -0.25) is 0 Å². The predicted molar refractivity (Wildman–Crippen MR) is 108 cm³/mol. The molecule has 0 spiro atoms. The van der Waals surface area contributed by atoms with E-state index in [1.165, 1.54) is 11.3 Å². The molecule has 3 heterocycles. The summed E-state index contributed by atoms with van der Waals surface area (Å²) in [5, 5.41) is 9.49. The van der Waals surface area contributed by atoms with Crippen molar-refractivity contribution in [2.24, 2.45) is 5.92 Å². The third-order valence-corrected chi connectivity index (χ3v) is 7.94. The van der Waals surface area contributed by atoms with Crippen molar-refractivity contribution < 1.29 is 8.42 Å². The molecule has 0 saturated carbocycles. The molecule has 1 N–H and O–H groups in total. The first kappa shape index (κ1) is 19.1. The minimum atomic E-state index is -3.46. The molecular weight excluding hydrogens is 396 g/mol. The van der Waals surface area contributed by atoms with Gasteiger partial charge in [-0.1, -0.05) is 17.7 Å². The summed E-state index contributed by atoms with van der Waals surface area (Å²) in [6, 6.07) is 10.8. The van der Waals surface area contributed by atoms with Crippen molar-refractivity contribution in [3.05, 3.63) is 63.7 Å². The fourth-order valence-corrected chi connectivity index (χ4v) is 5.78. The Hall–Kier alpha value is -2.23. The first-order valence-electron chi connectivity index (χ1n) is 9.22. The summed E-state index contributed by atoms with van der Waals surface area (Å²) in [6.45, 7) is 2.90. The van der Waals surface area contributed by atoms with E-state index in [9.17, 15) is 13.2 Å². The largest absolute Gasteiger partial charge is 0.348 e. The van der Waals surface area contributed by atoms with Crippen molar-refractivity contribution in [3.63, 3.8) is 0 Å². The van der Waals surface area contributed by atoms with Gasteiger partial charge in [-0.2, -0.15) is 9.40 Å². The Morgan fingerprint density at radius 3 is 2.54 bits per heavy atom. The van der Waals surface area contributed by atoms with Crippen LogP contribution in [0.15, 0.2) is 51.5 Å². The van der Waals surface area contributed by atoms with Crippen LogP contribution in [0, 0.1) is 12.8 Å². The number of nitrogens with one attached hydrogen (secondary N) is 1. The summed E-state index contributed by atoms with van der Waals surface area (Å²) in [5.74, 6) is 0.991. The number of nitrogens with zero attached hydrogens (tertiary/aromatic N) is 3. The van der Waals surface area contributed by atoms with Crippen LogP contribution in [0.25, 0.3) is 5.00 Å². The molecule has 0 atom stereocenters. The molecule has 9 heteroatoms. The summed E-state index contributed by atoms with van der Waals surface area (Å²) in [7, 11) is -3.46. The Morgan fingerprint density at radius 1 is 1.18 bits per heavy atom. The van der Waals surface area contributed by atoms with Gasteiger partial charge in [-0.25, -0.2) is 22.9 Å². The number of piperidine rings is 1. The Bertz CT molecular complexity index is 1090. The number of rotatable bonds is 5. The fourth-order valence-electron chi connectivity index (χ4n) is 3.56. The van der Waals surface area contributed by atoms with Gasteiger partial charge in [0.05, 0.1) is 4.90 Å². The number of sulfonamides is 1. The van der Waals surface area contributed by atoms with E-state index in [4.69, 9.17) is 0 Å². The molecule has 148 valence electrons. The van der Waals surface area contributed by atoms with E-state index < -0.39 is 10.0 Å². The zero-order valence-electron chi connectivity index (χ0n) is 15.5. The van der Waals surface area contributed by atoms with E-state index in [0.717, 1.165) is 23.4 Å². The molecule has 1 fully saturated rings. The highest BCUT2D eigenvalue weighted by atomic mass is 32.2. The highest BCUT2D eigenvalue weighted by Crippen LogP contribution is 2.26. The quantitative estimate of drug-likeness (QED) is 0.690. The number of hydrogen-bond donors (Lipinski definition) is 1. The number of hydrogen-bond acceptors (Lipinski definition) is 5. The zero-order valence-corrected chi connectivity index (χ0v) is 17.2. The van der Waals surface area contributed by atoms with E-state index in [1.807, 2.05) is 36.6 Å². The van der Waals surface area contributed by atoms with E-state index in [0.29, 0.717) is 36.1 Å². The molecule has 0 amide bonds. The summed E-state index contributed by atoms with van der Waals surface area (Å²) < 4.78 is 28.9. The lowest BCUT2D eigenvalue weighted by Gasteiger charge is -2.31. The van der Waals surface area contributed by atoms with Crippen LogP contribution in [0.2, 0.25) is 0 Å². The SMILES string of the molecule is Cc1ccc(S(=O)(=O)N2CCC(Cc3n[nH]c(=O)n3-c3cccs3)CC2)cc1. The Kier molecular flexibility index (Phi) is 5.22. The fraction of sp³-hybridized carbons (Fsp3) is 0.368. The highest BCUT2D eigenvalue weighted by molar-refractivity contribution is 7.89. The van der Waals surface area contributed by atoms with Crippen molar-refractivity contribution in [2.45, 2.75) is 31.1 Å². The summed E-state index contributed by atoms with van der Waals surface area (Å²) in [6.07, 6.45) is 2.14. The minimum Gasteiger partial charge on any atom is -0.246 e. The third kappa shape index (κ3) is 3.69. The lowest BCUT2D eigenvalue weighted by atomic mass is 9.94. The van der Waals surface area contributed by atoms with Crippen LogP contribution in [0.5, 0.6) is 0 Å². The summed E-state index contributed by atoms with van der Waals surface area (Å²) in [4.78, 5) is 12.5. The van der Waals surface area contributed by atoms with E-state index in [1.54, 1.807) is 21.0 Å². The maximum absolute atomic E-state index is 12.8. The van der Waals surface area contributed by atoms with Crippen LogP contribution in [0.4, 0.5) is 0 Å². The van der Waals surface area contributed by atoms with Crippen molar-refractivity contribution >= 4 is 21.4 Å². The molecule has 1 aromatic carbocycles. The molecule has 0 bridgehead atoms. The number of aromatic amines is 1. The molecule has 7 nitrogen and oxygen atoms in total. The van der Waals surface area contributed by atoms with Crippen molar-refractivity contribution in [1.82, 2.24) is 19.1 Å². The van der Waals surface area contributed by atoms with Gasteiger partial charge in [0.2, 0.25) is 10.0 Å². The third-order valence-electron chi connectivity index (χ3n) is 5.17. The first-order chi connectivity index (χ1) is 13.4. The smallest absolute Gasteiger partial charge is 0.246 e. The van der Waals surface area contributed by atoms with E-state index in [2.05, 4.69) is 10.2 Å². The second-order valence-corrected chi connectivity index (χ2v) is 9.96. The number of benzene rings is 1. The Balaban J connectivity index is 1.44. The molecule has 0 unspecified atom stereocenters. The second kappa shape index (κ2) is 7.65. The maximum atomic E-state index is 12.8. The van der Waals surface area contributed by atoms with Gasteiger partial charge >= 0.3 is 5.69 Å². The van der Waals surface area contributed by atoms with Crippen LogP contribution < -0.4 is 5.69 Å². The van der Waals surface area contributed by atoms with Crippen LogP contribution in [0.1, 0.15) is 24.2 Å². The van der Waals surface area contributed by atoms with Crippen LogP contribution in [0.3, 0.4) is 0 Å². The van der Waals surface area contributed by atoms with E-state index in [-0.39, 0.29) is 5.69 Å². The van der Waals surface area contributed by atoms with Gasteiger partial charge in [0.25, 0.3) is 0 Å². The van der Waals surface area contributed by atoms with Crippen molar-refractivity contribution in [2.75, 3.05) is 13.1 Å². The van der Waals surface area contributed by atoms with E-state index >= 15 is 0 Å². The van der Waals surface area contributed by atoms with Gasteiger partial charge in [-0.15, -0.1) is 11.3 Å². The maximum Gasteiger partial charge on any atom is 0.348 e. The normalized spacial score (nSPS) is 16.5. The lowest BCUT2D eigenvalue weighted by Crippen LogP contribution is -2.39. The zero-order chi connectivity index (χ0) is 19.7. The molecule has 1 aliphatic rings. The number of thiophene rings is 1. The van der Waals surface area contributed by atoms with Crippen LogP contribution >= 0.6 is 11.3 Å². The van der Waals surface area contributed by atoms with Crippen molar-refractivity contribution in [3.8, 4) is 5.00 Å².